The molecule has 2 aromatic rings. The predicted molar refractivity (Wildman–Crippen MR) is 81.7 cm³/mol. The number of aromatic nitrogens is 2. The largest absolute Gasteiger partial charge is 0.311 e. The van der Waals surface area contributed by atoms with Crippen molar-refractivity contribution in [3.05, 3.63) is 41.3 Å². The van der Waals surface area contributed by atoms with Gasteiger partial charge in [0.25, 0.3) is 0 Å². The molecule has 6 nitrogen and oxygen atoms in total. The van der Waals surface area contributed by atoms with E-state index >= 15 is 0 Å². The number of aromatic amines is 1. The number of hydrogen-bond donors (Lipinski definition) is 2. The Balaban J connectivity index is 2.02. The van der Waals surface area contributed by atoms with Crippen LogP contribution in [0, 0.1) is 5.82 Å². The number of nitrogens with one attached hydrogen (secondary N) is 2. The van der Waals surface area contributed by atoms with E-state index in [1.807, 2.05) is 6.92 Å². The van der Waals surface area contributed by atoms with Crippen LogP contribution in [0.5, 0.6) is 0 Å². The zero-order valence-corrected chi connectivity index (χ0v) is 12.5. The van der Waals surface area contributed by atoms with Crippen LogP contribution in [0.2, 0.25) is 0 Å². The van der Waals surface area contributed by atoms with Crippen molar-refractivity contribution in [3.8, 4) is 0 Å². The van der Waals surface area contributed by atoms with Gasteiger partial charge in [-0.05, 0) is 30.2 Å². The average molecular weight is 314 g/mol. The highest BCUT2D eigenvalue weighted by Gasteiger charge is 2.56. The Bertz CT molecular complexity index is 831. The third-order valence-corrected chi connectivity index (χ3v) is 4.56. The minimum absolute atomic E-state index is 0.0466. The van der Waals surface area contributed by atoms with Gasteiger partial charge in [-0.1, -0.05) is 6.92 Å². The monoisotopic (exact) mass is 314 g/mol. The summed E-state index contributed by atoms with van der Waals surface area (Å²) in [4.78, 5) is 27.0. The maximum Gasteiger partial charge on any atom is 0.242 e. The first-order valence-electron chi connectivity index (χ1n) is 7.53. The van der Waals surface area contributed by atoms with E-state index in [0.717, 1.165) is 6.42 Å². The van der Waals surface area contributed by atoms with Gasteiger partial charge in [0, 0.05) is 24.2 Å². The van der Waals surface area contributed by atoms with Gasteiger partial charge in [0.1, 0.15) is 17.1 Å². The van der Waals surface area contributed by atoms with Crippen LogP contribution >= 0.6 is 0 Å². The number of rotatable bonds is 2. The van der Waals surface area contributed by atoms with Gasteiger partial charge in [-0.2, -0.15) is 5.10 Å². The van der Waals surface area contributed by atoms with Crippen molar-refractivity contribution in [2.45, 2.75) is 25.2 Å². The summed E-state index contributed by atoms with van der Waals surface area (Å²) in [6.07, 6.45) is 2.26. The molecule has 2 aliphatic rings. The molecule has 0 aliphatic carbocycles. The van der Waals surface area contributed by atoms with Crippen LogP contribution in [0.1, 0.15) is 30.9 Å². The van der Waals surface area contributed by atoms with Gasteiger partial charge in [0.15, 0.2) is 0 Å². The van der Waals surface area contributed by atoms with Crippen molar-refractivity contribution in [1.82, 2.24) is 10.2 Å². The second-order valence-corrected chi connectivity index (χ2v) is 5.91. The van der Waals surface area contributed by atoms with Crippen LogP contribution in [0.4, 0.5) is 15.9 Å². The molecule has 1 unspecified atom stereocenters. The van der Waals surface area contributed by atoms with Gasteiger partial charge in [-0.25, -0.2) is 4.39 Å². The minimum Gasteiger partial charge on any atom is -0.311 e. The molecule has 118 valence electrons. The van der Waals surface area contributed by atoms with Gasteiger partial charge in [0.05, 0.1) is 6.20 Å². The Morgan fingerprint density at radius 3 is 2.96 bits per heavy atom. The molecule has 2 amide bonds. The number of fused-ring (bicyclic) bond motifs is 4. The van der Waals surface area contributed by atoms with Crippen molar-refractivity contribution in [2.75, 3.05) is 16.8 Å². The molecule has 4 rings (SSSR count). The lowest BCUT2D eigenvalue weighted by atomic mass is 9.72. The number of carbonyl (C=O) groups is 2. The molecule has 23 heavy (non-hydrogen) atoms. The highest BCUT2D eigenvalue weighted by Crippen LogP contribution is 2.51. The molecule has 1 spiro atoms. The smallest absolute Gasteiger partial charge is 0.242 e. The summed E-state index contributed by atoms with van der Waals surface area (Å²) in [7, 11) is 0. The summed E-state index contributed by atoms with van der Waals surface area (Å²) >= 11 is 0. The number of nitrogens with zero attached hydrogens (tertiary/aromatic N) is 2. The number of hydrogen-bond acceptors (Lipinski definition) is 3. The van der Waals surface area contributed by atoms with Crippen LogP contribution in [0.15, 0.2) is 24.4 Å². The van der Waals surface area contributed by atoms with Crippen LogP contribution < -0.4 is 10.2 Å². The molecule has 0 radical (unpaired) electrons. The molecule has 2 N–H and O–H groups in total. The SMILES string of the molecule is CCCN1C(=O)C2(CC(=O)Nc3[nH]ncc32)c2cc(F)ccc21. The molecule has 3 heterocycles. The van der Waals surface area contributed by atoms with Crippen molar-refractivity contribution in [2.24, 2.45) is 0 Å². The number of carbonyl (C=O) groups excluding carboxylic acids is 2. The van der Waals surface area contributed by atoms with E-state index in [0.29, 0.717) is 29.2 Å². The van der Waals surface area contributed by atoms with E-state index in [4.69, 9.17) is 0 Å². The zero-order valence-electron chi connectivity index (χ0n) is 12.5. The lowest BCUT2D eigenvalue weighted by Crippen LogP contribution is -2.46. The molecule has 7 heteroatoms. The first kappa shape index (κ1) is 13.9. The molecule has 1 aromatic heterocycles. The summed E-state index contributed by atoms with van der Waals surface area (Å²) in [6.45, 7) is 2.49. The molecule has 2 aliphatic heterocycles. The van der Waals surface area contributed by atoms with E-state index in [1.54, 1.807) is 11.0 Å². The fraction of sp³-hybridized carbons (Fsp3) is 0.312. The third-order valence-electron chi connectivity index (χ3n) is 4.56. The predicted octanol–water partition coefficient (Wildman–Crippen LogP) is 1.93. The second kappa shape index (κ2) is 4.65. The summed E-state index contributed by atoms with van der Waals surface area (Å²) in [5, 5.41) is 9.34. The molecule has 0 saturated carbocycles. The Kier molecular flexibility index (Phi) is 2.81. The Hall–Kier alpha value is -2.70. The van der Waals surface area contributed by atoms with Gasteiger partial charge >= 0.3 is 0 Å². The normalized spacial score (nSPS) is 22.3. The quantitative estimate of drug-likeness (QED) is 0.889. The molecular weight excluding hydrogens is 299 g/mol. The van der Waals surface area contributed by atoms with Gasteiger partial charge < -0.3 is 10.2 Å². The van der Waals surface area contributed by atoms with Crippen LogP contribution in [-0.4, -0.2) is 28.6 Å². The fourth-order valence-corrected chi connectivity index (χ4v) is 3.64. The maximum absolute atomic E-state index is 13.9. The van der Waals surface area contributed by atoms with E-state index in [9.17, 15) is 14.0 Å². The highest BCUT2D eigenvalue weighted by atomic mass is 19.1. The Morgan fingerprint density at radius 1 is 1.35 bits per heavy atom. The number of benzene rings is 1. The second-order valence-electron chi connectivity index (χ2n) is 5.91. The number of H-pyrrole nitrogens is 1. The van der Waals surface area contributed by atoms with Crippen molar-refractivity contribution in [3.63, 3.8) is 0 Å². The van der Waals surface area contributed by atoms with Crippen LogP contribution in [-0.2, 0) is 15.0 Å². The molecular formula is C16H15FN4O2. The summed E-state index contributed by atoms with van der Waals surface area (Å²) in [5.41, 5.74) is 0.596. The lowest BCUT2D eigenvalue weighted by Gasteiger charge is -2.31. The van der Waals surface area contributed by atoms with E-state index < -0.39 is 11.2 Å². The summed E-state index contributed by atoms with van der Waals surface area (Å²) in [6, 6.07) is 4.31. The fourth-order valence-electron chi connectivity index (χ4n) is 3.64. The van der Waals surface area contributed by atoms with Crippen LogP contribution in [0.25, 0.3) is 0 Å². The topological polar surface area (TPSA) is 78.1 Å². The summed E-state index contributed by atoms with van der Waals surface area (Å²) in [5.74, 6) is -0.505. The number of halogens is 1. The van der Waals surface area contributed by atoms with Gasteiger partial charge in [-0.3, -0.25) is 14.7 Å². The van der Waals surface area contributed by atoms with Crippen LogP contribution in [0.3, 0.4) is 0 Å². The van der Waals surface area contributed by atoms with Crippen molar-refractivity contribution < 1.29 is 14.0 Å². The van der Waals surface area contributed by atoms with Gasteiger partial charge in [-0.15, -0.1) is 0 Å². The molecule has 0 fully saturated rings. The highest BCUT2D eigenvalue weighted by molar-refractivity contribution is 6.15. The van der Waals surface area contributed by atoms with E-state index in [1.165, 1.54) is 18.3 Å². The molecule has 1 aromatic carbocycles. The maximum atomic E-state index is 13.9. The number of anilines is 2. The Morgan fingerprint density at radius 2 is 2.17 bits per heavy atom. The number of amides is 2. The standard InChI is InChI=1S/C16H15FN4O2/c1-2-5-21-12-4-3-9(17)6-10(12)16(15(21)23)7-13(22)19-14-11(16)8-18-20-14/h3-4,6,8H,2,5,7H2,1H3,(H2,18,19,20,22). The molecule has 1 atom stereocenters. The van der Waals surface area contributed by atoms with Crippen molar-refractivity contribution in [1.29, 1.82) is 0 Å². The molecule has 0 saturated heterocycles. The van der Waals surface area contributed by atoms with E-state index in [-0.39, 0.29) is 18.2 Å². The molecule has 0 bridgehead atoms. The van der Waals surface area contributed by atoms with Gasteiger partial charge in [0.2, 0.25) is 11.8 Å². The first-order valence-corrected chi connectivity index (χ1v) is 7.53. The average Bonchev–Trinajstić information content (AvgIpc) is 3.06. The zero-order chi connectivity index (χ0) is 16.2. The minimum atomic E-state index is -1.20. The summed E-state index contributed by atoms with van der Waals surface area (Å²) < 4.78 is 13.9. The van der Waals surface area contributed by atoms with E-state index in [2.05, 4.69) is 15.5 Å². The lowest BCUT2D eigenvalue weighted by molar-refractivity contribution is -0.126. The first-order chi connectivity index (χ1) is 11.1. The van der Waals surface area contributed by atoms with Crippen molar-refractivity contribution >= 4 is 23.3 Å². The Labute approximate surface area is 131 Å². The third kappa shape index (κ3) is 1.70.